The number of nitrogens with zero attached hydrogens (tertiary/aromatic N) is 3. The second kappa shape index (κ2) is 9.73. The number of amides is 1. The van der Waals surface area contributed by atoms with Crippen molar-refractivity contribution in [2.24, 2.45) is 7.05 Å². The van der Waals surface area contributed by atoms with Gasteiger partial charge in [0.25, 0.3) is 5.56 Å². The van der Waals surface area contributed by atoms with Gasteiger partial charge in [0.05, 0.1) is 16.4 Å². The summed E-state index contributed by atoms with van der Waals surface area (Å²) in [6.45, 7) is 2.21. The maximum atomic E-state index is 13.1. The maximum Gasteiger partial charge on any atom is 0.416 e. The summed E-state index contributed by atoms with van der Waals surface area (Å²) < 4.78 is 11.6. The normalized spacial score (nSPS) is 10.5. The summed E-state index contributed by atoms with van der Waals surface area (Å²) in [7, 11) is 1.15. The molecule has 1 heterocycles. The number of carbonyl (C=O) groups is 3. The molecule has 0 unspecified atom stereocenters. The molecule has 0 radical (unpaired) electrons. The van der Waals surface area contributed by atoms with Crippen LogP contribution in [0.1, 0.15) is 13.8 Å². The van der Waals surface area contributed by atoms with Crippen LogP contribution in [-0.2, 0) is 16.6 Å². The monoisotopic (exact) mass is 502 g/mol. The summed E-state index contributed by atoms with van der Waals surface area (Å²) in [6, 6.07) is 9.58. The summed E-state index contributed by atoms with van der Waals surface area (Å²) in [5.74, 6) is -2.45. The Labute approximate surface area is 202 Å². The fourth-order valence-electron chi connectivity index (χ4n) is 3.24. The molecule has 0 aliphatic rings. The number of ether oxygens (including phenoxy) is 2. The van der Waals surface area contributed by atoms with E-state index < -0.39 is 40.8 Å². The van der Waals surface area contributed by atoms with Crippen LogP contribution in [0.2, 0.25) is 5.02 Å². The molecular weight excluding hydrogens is 484 g/mol. The van der Waals surface area contributed by atoms with Gasteiger partial charge in [-0.3, -0.25) is 19.0 Å². The molecule has 0 fully saturated rings. The number of benzene rings is 2. The fourth-order valence-corrected chi connectivity index (χ4v) is 3.46. The molecule has 3 rings (SSSR count). The zero-order valence-corrected chi connectivity index (χ0v) is 19.4. The van der Waals surface area contributed by atoms with E-state index in [-0.39, 0.29) is 27.9 Å². The van der Waals surface area contributed by atoms with E-state index in [0.717, 1.165) is 31.5 Å². The van der Waals surface area contributed by atoms with E-state index in [0.29, 0.717) is 9.47 Å². The summed E-state index contributed by atoms with van der Waals surface area (Å²) in [4.78, 5) is 61.7. The molecule has 3 N–H and O–H groups in total. The molecular formula is C22H19ClN4O8. The highest BCUT2D eigenvalue weighted by Crippen LogP contribution is 2.36. The van der Waals surface area contributed by atoms with Gasteiger partial charge in [0, 0.05) is 27.0 Å². The van der Waals surface area contributed by atoms with E-state index >= 15 is 0 Å². The van der Waals surface area contributed by atoms with Crippen molar-refractivity contribution in [1.82, 2.24) is 9.13 Å². The van der Waals surface area contributed by atoms with Gasteiger partial charge in [-0.1, -0.05) is 23.7 Å². The minimum Gasteiger partial charge on any atom is -0.464 e. The molecule has 0 bridgehead atoms. The molecule has 13 heteroatoms. The highest BCUT2D eigenvalue weighted by Gasteiger charge is 2.29. The SMILES string of the molecule is CC(=O)Oc1ccc(N(C(=O)O)c2c(N)n(-c3ccccc3Cl)c(=O)n(C)c2=O)cc1OC(C)=O. The molecule has 0 atom stereocenters. The first-order valence-electron chi connectivity index (χ1n) is 9.84. The molecule has 1 amide bonds. The Balaban J connectivity index is 2.33. The van der Waals surface area contributed by atoms with Gasteiger partial charge in [0.2, 0.25) is 0 Å². The highest BCUT2D eigenvalue weighted by molar-refractivity contribution is 6.32. The van der Waals surface area contributed by atoms with Crippen LogP contribution >= 0.6 is 11.6 Å². The number of aromatic nitrogens is 2. The number of carboxylic acid groups (broad SMARTS) is 1. The van der Waals surface area contributed by atoms with Crippen LogP contribution in [0.25, 0.3) is 5.69 Å². The molecule has 0 saturated heterocycles. The van der Waals surface area contributed by atoms with Crippen LogP contribution in [-0.4, -0.2) is 32.3 Å². The van der Waals surface area contributed by atoms with Gasteiger partial charge < -0.3 is 20.3 Å². The quantitative estimate of drug-likeness (QED) is 0.394. The lowest BCUT2D eigenvalue weighted by atomic mass is 10.2. The molecule has 0 saturated carbocycles. The molecule has 35 heavy (non-hydrogen) atoms. The van der Waals surface area contributed by atoms with Gasteiger partial charge in [-0.15, -0.1) is 0 Å². The minimum atomic E-state index is -1.65. The Bertz CT molecular complexity index is 1480. The third-order valence-corrected chi connectivity index (χ3v) is 4.99. The third-order valence-electron chi connectivity index (χ3n) is 4.67. The van der Waals surface area contributed by atoms with Gasteiger partial charge in [0.1, 0.15) is 5.82 Å². The second-order valence-corrected chi connectivity index (χ2v) is 7.51. The van der Waals surface area contributed by atoms with Crippen molar-refractivity contribution < 1.29 is 29.0 Å². The van der Waals surface area contributed by atoms with E-state index in [2.05, 4.69) is 0 Å². The molecule has 1 aromatic heterocycles. The van der Waals surface area contributed by atoms with Crippen molar-refractivity contribution in [2.45, 2.75) is 13.8 Å². The van der Waals surface area contributed by atoms with Gasteiger partial charge in [-0.05, 0) is 24.3 Å². The standard InChI is InChI=1S/C22H19ClN4O8/c1-11(28)34-16-9-8-13(10-17(16)35-12(2)29)26(22(32)33)18-19(24)27(21(31)25(3)20(18)30)15-7-5-4-6-14(15)23/h4-10H,24H2,1-3H3,(H,32,33). The number of esters is 2. The number of para-hydroxylation sites is 1. The highest BCUT2D eigenvalue weighted by atomic mass is 35.5. The van der Waals surface area contributed by atoms with Crippen LogP contribution in [0.4, 0.5) is 22.0 Å². The lowest BCUT2D eigenvalue weighted by molar-refractivity contribution is -0.134. The van der Waals surface area contributed by atoms with Crippen molar-refractivity contribution in [3.63, 3.8) is 0 Å². The lowest BCUT2D eigenvalue weighted by Crippen LogP contribution is -2.43. The number of anilines is 3. The van der Waals surface area contributed by atoms with E-state index in [4.69, 9.17) is 26.8 Å². The maximum absolute atomic E-state index is 13.1. The number of carbonyl (C=O) groups excluding carboxylic acids is 2. The minimum absolute atomic E-state index is 0.115. The zero-order chi connectivity index (χ0) is 26.0. The second-order valence-electron chi connectivity index (χ2n) is 7.10. The largest absolute Gasteiger partial charge is 0.464 e. The molecule has 3 aromatic rings. The van der Waals surface area contributed by atoms with Crippen LogP contribution in [0.5, 0.6) is 11.5 Å². The van der Waals surface area contributed by atoms with Gasteiger partial charge in [0.15, 0.2) is 17.2 Å². The number of nitrogens with two attached hydrogens (primary N) is 1. The lowest BCUT2D eigenvalue weighted by Gasteiger charge is -2.24. The number of hydrogen-bond donors (Lipinski definition) is 2. The van der Waals surface area contributed by atoms with Gasteiger partial charge in [-0.2, -0.15) is 0 Å². The first-order chi connectivity index (χ1) is 16.4. The van der Waals surface area contributed by atoms with E-state index in [1.54, 1.807) is 12.1 Å². The molecule has 182 valence electrons. The Morgan fingerprint density at radius 1 is 1.00 bits per heavy atom. The predicted octanol–water partition coefficient (Wildman–Crippen LogP) is 2.44. The van der Waals surface area contributed by atoms with E-state index in [1.165, 1.54) is 24.3 Å². The van der Waals surface area contributed by atoms with Crippen molar-refractivity contribution in [3.05, 3.63) is 68.3 Å². The number of rotatable bonds is 5. The Hall–Kier alpha value is -4.58. The number of hydrogen-bond acceptors (Lipinski definition) is 8. The summed E-state index contributed by atoms with van der Waals surface area (Å²) in [5, 5.41) is 10.1. The van der Waals surface area contributed by atoms with E-state index in [9.17, 15) is 29.1 Å². The van der Waals surface area contributed by atoms with Crippen molar-refractivity contribution in [3.8, 4) is 17.2 Å². The summed E-state index contributed by atoms with van der Waals surface area (Å²) in [5.41, 5.74) is 3.63. The van der Waals surface area contributed by atoms with Crippen molar-refractivity contribution >= 4 is 46.8 Å². The van der Waals surface area contributed by atoms with E-state index in [1.807, 2.05) is 0 Å². The fraction of sp³-hybridized carbons (Fsp3) is 0.136. The third kappa shape index (κ3) is 4.87. The average molecular weight is 503 g/mol. The van der Waals surface area contributed by atoms with Gasteiger partial charge >= 0.3 is 23.7 Å². The summed E-state index contributed by atoms with van der Waals surface area (Å²) >= 11 is 6.21. The Morgan fingerprint density at radius 2 is 1.60 bits per heavy atom. The van der Waals surface area contributed by atoms with Crippen LogP contribution in [0.15, 0.2) is 52.1 Å². The van der Waals surface area contributed by atoms with Gasteiger partial charge in [-0.25, -0.2) is 19.1 Å². The zero-order valence-electron chi connectivity index (χ0n) is 18.6. The predicted molar refractivity (Wildman–Crippen MR) is 126 cm³/mol. The first-order valence-corrected chi connectivity index (χ1v) is 10.2. The Kier molecular flexibility index (Phi) is 6.96. The Morgan fingerprint density at radius 3 is 2.17 bits per heavy atom. The number of halogens is 1. The average Bonchev–Trinajstić information content (AvgIpc) is 2.77. The molecule has 2 aromatic carbocycles. The van der Waals surface area contributed by atoms with Crippen LogP contribution in [0, 0.1) is 0 Å². The number of nitrogen functional groups attached to an aromatic ring is 1. The molecule has 0 spiro atoms. The van der Waals surface area contributed by atoms with Crippen molar-refractivity contribution in [1.29, 1.82) is 0 Å². The van der Waals surface area contributed by atoms with Crippen LogP contribution in [0.3, 0.4) is 0 Å². The molecule has 0 aliphatic heterocycles. The van der Waals surface area contributed by atoms with Crippen LogP contribution < -0.4 is 31.4 Å². The summed E-state index contributed by atoms with van der Waals surface area (Å²) in [6.07, 6.45) is -1.65. The molecule has 12 nitrogen and oxygen atoms in total. The molecule has 0 aliphatic carbocycles. The topological polar surface area (TPSA) is 163 Å². The van der Waals surface area contributed by atoms with Crippen molar-refractivity contribution in [2.75, 3.05) is 10.6 Å². The smallest absolute Gasteiger partial charge is 0.416 e. The first kappa shape index (κ1) is 25.1.